The SMILES string of the molecule is [Si]c1c2nc(cc3nc(cc4ccc(cc5ccc1[nH]5)[nH]4)C=C3)C=C2. The Morgan fingerprint density at radius 2 is 1.28 bits per heavy atom. The van der Waals surface area contributed by atoms with Gasteiger partial charge < -0.3 is 9.97 Å². The van der Waals surface area contributed by atoms with Crippen molar-refractivity contribution in [1.82, 2.24) is 19.9 Å². The molecule has 0 saturated heterocycles. The van der Waals surface area contributed by atoms with E-state index < -0.39 is 0 Å². The Balaban J connectivity index is 1.88. The van der Waals surface area contributed by atoms with E-state index >= 15 is 0 Å². The summed E-state index contributed by atoms with van der Waals surface area (Å²) in [4.78, 5) is 16.1. The summed E-state index contributed by atoms with van der Waals surface area (Å²) in [6, 6.07) is 14.3. The van der Waals surface area contributed by atoms with Crippen molar-refractivity contribution >= 4 is 61.8 Å². The second-order valence-electron chi connectivity index (χ2n) is 6.05. The second-order valence-corrected chi connectivity index (χ2v) is 6.55. The average Bonchev–Trinajstić information content (AvgIpc) is 3.36. The molecule has 2 N–H and O–H groups in total. The van der Waals surface area contributed by atoms with Gasteiger partial charge in [0.15, 0.2) is 0 Å². The van der Waals surface area contributed by atoms with Gasteiger partial charge in [-0.3, -0.25) is 0 Å². The van der Waals surface area contributed by atoms with Crippen LogP contribution in [0.1, 0.15) is 22.8 Å². The molecule has 25 heavy (non-hydrogen) atoms. The van der Waals surface area contributed by atoms with Crippen LogP contribution in [0.15, 0.2) is 42.5 Å². The van der Waals surface area contributed by atoms with Crippen LogP contribution < -0.4 is 5.19 Å². The quantitative estimate of drug-likeness (QED) is 0.425. The Morgan fingerprint density at radius 1 is 0.640 bits per heavy atom. The number of rotatable bonds is 0. The number of H-pyrrole nitrogens is 2. The Morgan fingerprint density at radius 3 is 2.16 bits per heavy atom. The lowest BCUT2D eigenvalue weighted by Crippen LogP contribution is -2.07. The third-order valence-corrected chi connectivity index (χ3v) is 4.75. The van der Waals surface area contributed by atoms with Crippen LogP contribution in [0, 0.1) is 0 Å². The summed E-state index contributed by atoms with van der Waals surface area (Å²) in [5.41, 5.74) is 7.69. The van der Waals surface area contributed by atoms with Gasteiger partial charge in [-0.1, -0.05) is 0 Å². The first-order chi connectivity index (χ1) is 12.2. The van der Waals surface area contributed by atoms with Crippen LogP contribution in [0.5, 0.6) is 0 Å². The van der Waals surface area contributed by atoms with Gasteiger partial charge in [-0.2, -0.15) is 0 Å². The lowest BCUT2D eigenvalue weighted by Gasteiger charge is -1.92. The van der Waals surface area contributed by atoms with Crippen molar-refractivity contribution in [3.05, 3.63) is 65.2 Å². The largest absolute Gasteiger partial charge is 0.356 e. The van der Waals surface area contributed by atoms with Crippen molar-refractivity contribution in [2.75, 3.05) is 0 Å². The van der Waals surface area contributed by atoms with Crippen LogP contribution in [-0.2, 0) is 0 Å². The van der Waals surface area contributed by atoms with Crippen LogP contribution in [0.2, 0.25) is 0 Å². The summed E-state index contributed by atoms with van der Waals surface area (Å²) in [5.74, 6) is 0. The highest BCUT2D eigenvalue weighted by atomic mass is 28.1. The summed E-state index contributed by atoms with van der Waals surface area (Å²) in [5, 5.41) is 0.933. The van der Waals surface area contributed by atoms with Gasteiger partial charge in [0, 0.05) is 22.1 Å². The number of aromatic nitrogens is 4. The third-order valence-electron chi connectivity index (χ3n) is 4.22. The molecule has 0 atom stereocenters. The smallest absolute Gasteiger partial charge is 0.0772 e. The molecule has 2 aliphatic rings. The minimum Gasteiger partial charge on any atom is -0.356 e. The normalized spacial score (nSPS) is 12.7. The van der Waals surface area contributed by atoms with Gasteiger partial charge in [-0.05, 0) is 72.0 Å². The monoisotopic (exact) mass is 337 g/mol. The van der Waals surface area contributed by atoms with Gasteiger partial charge >= 0.3 is 0 Å². The highest BCUT2D eigenvalue weighted by Gasteiger charge is 2.05. The molecule has 117 valence electrons. The molecule has 8 bridgehead atoms. The molecular formula is C20H13N4Si. The van der Waals surface area contributed by atoms with E-state index in [-0.39, 0.29) is 0 Å². The van der Waals surface area contributed by atoms with Gasteiger partial charge in [-0.15, -0.1) is 0 Å². The lowest BCUT2D eigenvalue weighted by molar-refractivity contribution is 1.28. The van der Waals surface area contributed by atoms with E-state index in [0.717, 1.165) is 50.0 Å². The van der Waals surface area contributed by atoms with Crippen LogP contribution >= 0.6 is 0 Å². The van der Waals surface area contributed by atoms with Crippen LogP contribution in [0.4, 0.5) is 0 Å². The van der Waals surface area contributed by atoms with E-state index in [4.69, 9.17) is 0 Å². The van der Waals surface area contributed by atoms with Crippen molar-refractivity contribution in [2.45, 2.75) is 0 Å². The van der Waals surface area contributed by atoms with Gasteiger partial charge in [0.25, 0.3) is 0 Å². The molecule has 5 heterocycles. The number of nitrogens with one attached hydrogen (secondary N) is 2. The fraction of sp³-hybridized carbons (Fsp3) is 0. The number of fused-ring (bicyclic) bond motifs is 8. The first kappa shape index (κ1) is 14.2. The molecule has 0 aromatic carbocycles. The predicted octanol–water partition coefficient (Wildman–Crippen LogP) is 3.45. The summed E-state index contributed by atoms with van der Waals surface area (Å²) < 4.78 is 0. The van der Waals surface area contributed by atoms with Crippen molar-refractivity contribution < 1.29 is 0 Å². The van der Waals surface area contributed by atoms with Crippen molar-refractivity contribution in [2.24, 2.45) is 0 Å². The second kappa shape index (κ2) is 5.43. The minimum absolute atomic E-state index is 0.892. The zero-order chi connectivity index (χ0) is 16.8. The van der Waals surface area contributed by atoms with Crippen molar-refractivity contribution in [1.29, 1.82) is 0 Å². The number of hydrogen-bond donors (Lipinski definition) is 2. The van der Waals surface area contributed by atoms with E-state index in [0.29, 0.717) is 0 Å². The summed E-state index contributed by atoms with van der Waals surface area (Å²) in [6.07, 6.45) is 8.02. The molecule has 0 amide bonds. The van der Waals surface area contributed by atoms with Crippen molar-refractivity contribution in [3.63, 3.8) is 0 Å². The van der Waals surface area contributed by atoms with Gasteiger partial charge in [0.1, 0.15) is 0 Å². The number of hydrogen-bond acceptors (Lipinski definition) is 2. The molecule has 4 nitrogen and oxygen atoms in total. The fourth-order valence-electron chi connectivity index (χ4n) is 3.01. The van der Waals surface area contributed by atoms with Crippen LogP contribution in [0.25, 0.3) is 46.4 Å². The molecule has 0 fully saturated rings. The average molecular weight is 337 g/mol. The first-order valence-corrected chi connectivity index (χ1v) is 8.52. The first-order valence-electron chi connectivity index (χ1n) is 8.02. The summed E-state index contributed by atoms with van der Waals surface area (Å²) in [7, 11) is 3.72. The zero-order valence-corrected chi connectivity index (χ0v) is 14.2. The molecular weight excluding hydrogens is 324 g/mol. The third kappa shape index (κ3) is 2.64. The molecule has 5 heteroatoms. The van der Waals surface area contributed by atoms with Gasteiger partial charge in [0.2, 0.25) is 0 Å². The Labute approximate surface area is 147 Å². The molecule has 2 aliphatic heterocycles. The predicted molar refractivity (Wildman–Crippen MR) is 104 cm³/mol. The Hall–Kier alpha value is -3.18. The minimum atomic E-state index is 0.892. The van der Waals surface area contributed by atoms with Gasteiger partial charge in [0.05, 0.1) is 33.0 Å². The standard InChI is InChI=1S/C20H13N4Si/c25-20-18-7-5-16(23-18)10-14-3-1-12(21-14)9-13-2-4-15(22-13)11-17-6-8-19(20)24-17/h1-11,21,23H. The maximum Gasteiger partial charge on any atom is 0.0772 e. The summed E-state index contributed by atoms with van der Waals surface area (Å²) in [6.45, 7) is 0. The number of nitrogens with zero attached hydrogens (tertiary/aromatic N) is 2. The zero-order valence-electron chi connectivity index (χ0n) is 13.2. The fourth-order valence-corrected chi connectivity index (χ4v) is 3.29. The lowest BCUT2D eigenvalue weighted by atomic mass is 10.3. The van der Waals surface area contributed by atoms with E-state index in [1.807, 2.05) is 42.5 Å². The maximum absolute atomic E-state index is 4.67. The molecule has 0 spiro atoms. The highest BCUT2D eigenvalue weighted by Crippen LogP contribution is 2.16. The van der Waals surface area contributed by atoms with Gasteiger partial charge in [-0.25, -0.2) is 9.97 Å². The number of aromatic amines is 2. The van der Waals surface area contributed by atoms with E-state index in [1.165, 1.54) is 0 Å². The van der Waals surface area contributed by atoms with E-state index in [9.17, 15) is 0 Å². The highest BCUT2D eigenvalue weighted by molar-refractivity contribution is 6.38. The molecule has 0 unspecified atom stereocenters. The molecule has 0 saturated carbocycles. The van der Waals surface area contributed by atoms with E-state index in [2.05, 4.69) is 54.4 Å². The maximum atomic E-state index is 4.67. The Bertz CT molecular complexity index is 1210. The topological polar surface area (TPSA) is 57.4 Å². The van der Waals surface area contributed by atoms with Crippen LogP contribution in [0.3, 0.4) is 0 Å². The van der Waals surface area contributed by atoms with Crippen molar-refractivity contribution in [3.8, 4) is 0 Å². The molecule has 0 aliphatic carbocycles. The van der Waals surface area contributed by atoms with E-state index in [1.54, 1.807) is 0 Å². The van der Waals surface area contributed by atoms with Crippen LogP contribution in [-0.4, -0.2) is 30.2 Å². The summed E-state index contributed by atoms with van der Waals surface area (Å²) >= 11 is 0. The molecule has 3 aromatic heterocycles. The molecule has 5 rings (SSSR count). The molecule has 3 aromatic rings. The molecule has 3 radical (unpaired) electrons. The Kier molecular flexibility index (Phi) is 3.08.